The van der Waals surface area contributed by atoms with Crippen LogP contribution in [0.15, 0.2) is 58.8 Å². The average molecular weight is 420 g/mol. The van der Waals surface area contributed by atoms with Gasteiger partial charge in [-0.25, -0.2) is 14.5 Å². The molecule has 0 spiro atoms. The molecule has 0 aliphatic rings. The number of nitrogen functional groups attached to an aromatic ring is 1. The number of nitrogens with zero attached hydrogens (tertiary/aromatic N) is 4. The Labute approximate surface area is 168 Å². The topological polar surface area (TPSA) is 110 Å². The van der Waals surface area contributed by atoms with E-state index in [2.05, 4.69) is 26.0 Å². The molecule has 0 aliphatic heterocycles. The van der Waals surface area contributed by atoms with Gasteiger partial charge in [-0.15, -0.1) is 10.2 Å². The van der Waals surface area contributed by atoms with Crippen LogP contribution in [0.2, 0.25) is 5.02 Å². The Morgan fingerprint density at radius 2 is 2.11 bits per heavy atom. The SMILES string of the molecule is Nn1c(N/N=C/c2ccccc2Cl)nnc1SCC(=O)Nc1cccc(F)c1. The van der Waals surface area contributed by atoms with Crippen molar-refractivity contribution in [3.8, 4) is 0 Å². The Morgan fingerprint density at radius 1 is 1.29 bits per heavy atom. The van der Waals surface area contributed by atoms with E-state index in [0.29, 0.717) is 15.9 Å². The lowest BCUT2D eigenvalue weighted by atomic mass is 10.2. The number of hydrazone groups is 1. The summed E-state index contributed by atoms with van der Waals surface area (Å²) in [5, 5.41) is 15.2. The molecular weight excluding hydrogens is 405 g/mol. The highest BCUT2D eigenvalue weighted by molar-refractivity contribution is 7.99. The number of hydrogen-bond acceptors (Lipinski definition) is 7. The van der Waals surface area contributed by atoms with Crippen molar-refractivity contribution in [2.24, 2.45) is 5.10 Å². The lowest BCUT2D eigenvalue weighted by Crippen LogP contribution is -2.17. The number of aromatic nitrogens is 3. The third-order valence-electron chi connectivity index (χ3n) is 3.38. The number of hydrogen-bond donors (Lipinski definition) is 3. The quantitative estimate of drug-likeness (QED) is 0.235. The van der Waals surface area contributed by atoms with E-state index in [4.69, 9.17) is 17.4 Å². The maximum absolute atomic E-state index is 13.1. The van der Waals surface area contributed by atoms with Crippen molar-refractivity contribution in [2.45, 2.75) is 5.16 Å². The molecule has 0 radical (unpaired) electrons. The Balaban J connectivity index is 1.54. The molecule has 1 amide bonds. The molecule has 11 heteroatoms. The second-order valence-corrected chi connectivity index (χ2v) is 6.76. The Morgan fingerprint density at radius 3 is 2.89 bits per heavy atom. The average Bonchev–Trinajstić information content (AvgIpc) is 3.01. The van der Waals surface area contributed by atoms with Crippen LogP contribution in [-0.4, -0.2) is 32.7 Å². The van der Waals surface area contributed by atoms with E-state index >= 15 is 0 Å². The van der Waals surface area contributed by atoms with Crippen molar-refractivity contribution in [1.29, 1.82) is 0 Å². The number of halogens is 2. The first kappa shape index (κ1) is 19.6. The Bertz CT molecular complexity index is 1010. The highest BCUT2D eigenvalue weighted by Gasteiger charge is 2.12. The summed E-state index contributed by atoms with van der Waals surface area (Å²) in [5.41, 5.74) is 3.76. The van der Waals surface area contributed by atoms with Gasteiger partial charge in [-0.1, -0.05) is 47.6 Å². The number of nitrogens with one attached hydrogen (secondary N) is 2. The summed E-state index contributed by atoms with van der Waals surface area (Å²) in [7, 11) is 0. The van der Waals surface area contributed by atoms with E-state index in [0.717, 1.165) is 17.3 Å². The number of benzene rings is 2. The van der Waals surface area contributed by atoms with Crippen molar-refractivity contribution in [3.05, 3.63) is 64.9 Å². The summed E-state index contributed by atoms with van der Waals surface area (Å²) in [6, 6.07) is 12.8. The van der Waals surface area contributed by atoms with Crippen LogP contribution < -0.4 is 16.6 Å². The van der Waals surface area contributed by atoms with E-state index in [1.807, 2.05) is 12.1 Å². The second-order valence-electron chi connectivity index (χ2n) is 5.41. The summed E-state index contributed by atoms with van der Waals surface area (Å²) in [5.74, 6) is 5.35. The molecule has 0 saturated carbocycles. The largest absolute Gasteiger partial charge is 0.334 e. The number of nitrogens with two attached hydrogens (primary N) is 1. The fraction of sp³-hybridized carbons (Fsp3) is 0.0588. The zero-order valence-electron chi connectivity index (χ0n) is 14.3. The lowest BCUT2D eigenvalue weighted by Gasteiger charge is -2.05. The normalized spacial score (nSPS) is 10.9. The predicted molar refractivity (Wildman–Crippen MR) is 109 cm³/mol. The molecule has 0 bridgehead atoms. The summed E-state index contributed by atoms with van der Waals surface area (Å²) in [4.78, 5) is 12.0. The smallest absolute Gasteiger partial charge is 0.264 e. The molecule has 8 nitrogen and oxygen atoms in total. The molecule has 0 aliphatic carbocycles. The van der Waals surface area contributed by atoms with Crippen LogP contribution in [0, 0.1) is 5.82 Å². The highest BCUT2D eigenvalue weighted by Crippen LogP contribution is 2.18. The Kier molecular flexibility index (Phi) is 6.45. The summed E-state index contributed by atoms with van der Waals surface area (Å²) < 4.78 is 14.3. The van der Waals surface area contributed by atoms with Gasteiger partial charge in [0.15, 0.2) is 0 Å². The molecule has 0 unspecified atom stereocenters. The molecule has 28 heavy (non-hydrogen) atoms. The molecule has 1 aromatic heterocycles. The predicted octanol–water partition coefficient (Wildman–Crippen LogP) is 2.96. The first-order chi connectivity index (χ1) is 13.5. The molecule has 1 heterocycles. The van der Waals surface area contributed by atoms with Crippen LogP contribution in [0.3, 0.4) is 0 Å². The van der Waals surface area contributed by atoms with E-state index in [-0.39, 0.29) is 17.6 Å². The summed E-state index contributed by atoms with van der Waals surface area (Å²) >= 11 is 7.12. The standard InChI is InChI=1S/C17H15ClFN7OS/c18-14-7-2-1-4-11(14)9-21-23-16-24-25-17(26(16)20)28-10-15(27)22-13-6-3-5-12(19)8-13/h1-9H,10,20H2,(H,22,27)(H,23,24)/b21-9+. The maximum atomic E-state index is 13.1. The van der Waals surface area contributed by atoms with Crippen LogP contribution in [0.1, 0.15) is 5.56 Å². The van der Waals surface area contributed by atoms with E-state index in [9.17, 15) is 9.18 Å². The van der Waals surface area contributed by atoms with Crippen LogP contribution >= 0.6 is 23.4 Å². The number of anilines is 2. The van der Waals surface area contributed by atoms with E-state index in [1.165, 1.54) is 29.1 Å². The van der Waals surface area contributed by atoms with Gasteiger partial charge in [-0.3, -0.25) is 4.79 Å². The van der Waals surface area contributed by atoms with E-state index in [1.54, 1.807) is 18.2 Å². The zero-order chi connectivity index (χ0) is 19.9. The molecule has 3 rings (SSSR count). The van der Waals surface area contributed by atoms with Crippen LogP contribution in [0.4, 0.5) is 16.0 Å². The van der Waals surface area contributed by atoms with Crippen molar-refractivity contribution in [3.63, 3.8) is 0 Å². The summed E-state index contributed by atoms with van der Waals surface area (Å²) in [6.07, 6.45) is 1.52. The molecule has 0 saturated heterocycles. The molecule has 0 atom stereocenters. The number of carbonyl (C=O) groups excluding carboxylic acids is 1. The minimum atomic E-state index is -0.430. The lowest BCUT2D eigenvalue weighted by molar-refractivity contribution is -0.113. The van der Waals surface area contributed by atoms with Gasteiger partial charge in [0.2, 0.25) is 11.1 Å². The molecule has 3 aromatic rings. The molecule has 144 valence electrons. The van der Waals surface area contributed by atoms with Crippen LogP contribution in [-0.2, 0) is 4.79 Å². The zero-order valence-corrected chi connectivity index (χ0v) is 15.9. The maximum Gasteiger partial charge on any atom is 0.264 e. The highest BCUT2D eigenvalue weighted by atomic mass is 35.5. The third kappa shape index (κ3) is 5.21. The molecule has 4 N–H and O–H groups in total. The second kappa shape index (κ2) is 9.20. The van der Waals surface area contributed by atoms with Gasteiger partial charge in [-0.2, -0.15) is 5.10 Å². The van der Waals surface area contributed by atoms with Crippen LogP contribution in [0.25, 0.3) is 0 Å². The van der Waals surface area contributed by atoms with E-state index < -0.39 is 5.82 Å². The first-order valence-corrected chi connectivity index (χ1v) is 9.31. The number of rotatable bonds is 7. The molecular formula is C17H15ClFN7OS. The van der Waals surface area contributed by atoms with Crippen molar-refractivity contribution in [1.82, 2.24) is 14.9 Å². The summed E-state index contributed by atoms with van der Waals surface area (Å²) in [6.45, 7) is 0. The third-order valence-corrected chi connectivity index (χ3v) is 4.67. The Hall–Kier alpha value is -3.11. The van der Waals surface area contributed by atoms with Crippen molar-refractivity contribution in [2.75, 3.05) is 22.3 Å². The van der Waals surface area contributed by atoms with Gasteiger partial charge in [-0.05, 0) is 24.3 Å². The number of thioether (sulfide) groups is 1. The minimum Gasteiger partial charge on any atom is -0.334 e. The monoisotopic (exact) mass is 419 g/mol. The minimum absolute atomic E-state index is 0.0226. The number of carbonyl (C=O) groups is 1. The van der Waals surface area contributed by atoms with Crippen molar-refractivity contribution < 1.29 is 9.18 Å². The van der Waals surface area contributed by atoms with Gasteiger partial charge < -0.3 is 11.2 Å². The number of amides is 1. The first-order valence-electron chi connectivity index (χ1n) is 7.95. The molecule has 0 fully saturated rings. The molecule has 2 aromatic carbocycles. The van der Waals surface area contributed by atoms with Gasteiger partial charge in [0.1, 0.15) is 5.82 Å². The fourth-order valence-electron chi connectivity index (χ4n) is 2.08. The van der Waals surface area contributed by atoms with Gasteiger partial charge >= 0.3 is 0 Å². The van der Waals surface area contributed by atoms with Gasteiger partial charge in [0.25, 0.3) is 5.95 Å². The van der Waals surface area contributed by atoms with Crippen LogP contribution in [0.5, 0.6) is 0 Å². The van der Waals surface area contributed by atoms with Gasteiger partial charge in [0.05, 0.1) is 12.0 Å². The van der Waals surface area contributed by atoms with Gasteiger partial charge in [0, 0.05) is 16.3 Å². The van der Waals surface area contributed by atoms with Crippen molar-refractivity contribution >= 4 is 47.1 Å². The fourth-order valence-corrected chi connectivity index (χ4v) is 2.93.